The Labute approximate surface area is 179 Å². The molecule has 3 rings (SSSR count). The van der Waals surface area contributed by atoms with Gasteiger partial charge in [-0.3, -0.25) is 24.1 Å². The van der Waals surface area contributed by atoms with Crippen LogP contribution in [0.5, 0.6) is 0 Å². The highest BCUT2D eigenvalue weighted by molar-refractivity contribution is 8.15. The average molecular weight is 470 g/mol. The van der Waals surface area contributed by atoms with E-state index in [-0.39, 0.29) is 17.0 Å². The largest absolute Gasteiger partial charge is 0.325 e. The number of thioether (sulfide) groups is 1. The monoisotopic (exact) mass is 469 g/mol. The highest BCUT2D eigenvalue weighted by atomic mass is 32.2. The van der Waals surface area contributed by atoms with Crippen LogP contribution in [-0.2, 0) is 24.4 Å². The zero-order valence-corrected chi connectivity index (χ0v) is 17.6. The van der Waals surface area contributed by atoms with Gasteiger partial charge in [-0.15, -0.1) is 11.3 Å². The number of anilines is 2. The molecule has 4 N–H and O–H groups in total. The molecule has 158 valence electrons. The Morgan fingerprint density at radius 1 is 1.13 bits per heavy atom. The van der Waals surface area contributed by atoms with Crippen molar-refractivity contribution in [3.8, 4) is 0 Å². The van der Waals surface area contributed by atoms with E-state index in [9.17, 15) is 27.6 Å². The van der Waals surface area contributed by atoms with Gasteiger partial charge in [0.1, 0.15) is 11.8 Å². The van der Waals surface area contributed by atoms with Crippen LogP contribution in [0.3, 0.4) is 0 Å². The number of hydrogen-bond donors (Lipinski definition) is 3. The molecular weight excluding hydrogens is 454 g/mol. The van der Waals surface area contributed by atoms with Crippen molar-refractivity contribution in [1.82, 2.24) is 9.88 Å². The lowest BCUT2D eigenvalue weighted by atomic mass is 10.2. The zero-order chi connectivity index (χ0) is 21.9. The minimum Gasteiger partial charge on any atom is -0.325 e. The number of sulfonamides is 1. The number of hydrogen-bond acceptors (Lipinski definition) is 9. The molecule has 4 amide bonds. The first-order valence-electron chi connectivity index (χ1n) is 8.27. The summed E-state index contributed by atoms with van der Waals surface area (Å²) < 4.78 is 22.5. The summed E-state index contributed by atoms with van der Waals surface area (Å²) in [6.45, 7) is -0.536. The Bertz CT molecular complexity index is 1090. The number of aromatic nitrogens is 1. The topological polar surface area (TPSA) is 169 Å². The van der Waals surface area contributed by atoms with E-state index >= 15 is 0 Å². The van der Waals surface area contributed by atoms with Gasteiger partial charge in [0.25, 0.3) is 5.24 Å². The fourth-order valence-electron chi connectivity index (χ4n) is 2.47. The number of thiazole rings is 1. The number of nitrogens with zero attached hydrogens (tertiary/aromatic N) is 2. The summed E-state index contributed by atoms with van der Waals surface area (Å²) in [6, 6.07) is 5.08. The molecule has 1 saturated heterocycles. The Morgan fingerprint density at radius 2 is 1.83 bits per heavy atom. The van der Waals surface area contributed by atoms with Crippen molar-refractivity contribution < 1.29 is 27.6 Å². The second kappa shape index (κ2) is 8.91. The molecule has 1 aliphatic rings. The standard InChI is InChI=1S/C16H15N5O6S3/c17-30(26,27)10-3-1-9(2-4-10)19-13(23)8-21-14(24)11(29-16(21)25)7-12(22)20-15-18-5-6-28-15/h1-6,11H,7-8H2,(H,19,23)(H2,17,26,27)(H,18,20,22). The number of nitrogens with two attached hydrogens (primary N) is 1. The first kappa shape index (κ1) is 21.9. The predicted octanol–water partition coefficient (Wildman–Crippen LogP) is 0.822. The fourth-order valence-corrected chi connectivity index (χ4v) is 4.52. The minimum atomic E-state index is -3.86. The summed E-state index contributed by atoms with van der Waals surface area (Å²) in [5.74, 6) is -1.77. The van der Waals surface area contributed by atoms with E-state index < -0.39 is 44.8 Å². The summed E-state index contributed by atoms with van der Waals surface area (Å²) in [6.07, 6.45) is 1.28. The van der Waals surface area contributed by atoms with Gasteiger partial charge in [0.05, 0.1) is 4.90 Å². The first-order valence-corrected chi connectivity index (χ1v) is 11.6. The average Bonchev–Trinajstić information content (AvgIpc) is 3.25. The summed E-state index contributed by atoms with van der Waals surface area (Å²) in [7, 11) is -3.86. The third-order valence-corrected chi connectivity index (χ3v) is 6.52. The van der Waals surface area contributed by atoms with Crippen LogP contribution in [-0.4, -0.2) is 53.1 Å². The van der Waals surface area contributed by atoms with Crippen LogP contribution >= 0.6 is 23.1 Å². The van der Waals surface area contributed by atoms with Crippen molar-refractivity contribution in [3.05, 3.63) is 35.8 Å². The number of carbonyl (C=O) groups is 4. The van der Waals surface area contributed by atoms with Gasteiger partial charge >= 0.3 is 0 Å². The summed E-state index contributed by atoms with van der Waals surface area (Å²) in [5.41, 5.74) is 0.263. The maximum Gasteiger partial charge on any atom is 0.289 e. The molecule has 1 unspecified atom stereocenters. The molecule has 0 bridgehead atoms. The molecule has 1 aromatic heterocycles. The highest BCUT2D eigenvalue weighted by Gasteiger charge is 2.41. The number of primary sulfonamides is 1. The molecule has 1 atom stereocenters. The van der Waals surface area contributed by atoms with E-state index in [1.165, 1.54) is 41.8 Å². The molecule has 0 spiro atoms. The molecule has 1 fully saturated rings. The lowest BCUT2D eigenvalue weighted by molar-refractivity contribution is -0.131. The number of amides is 4. The van der Waals surface area contributed by atoms with Gasteiger partial charge in [0.15, 0.2) is 5.13 Å². The number of rotatable bonds is 7. The quantitative estimate of drug-likeness (QED) is 0.535. The van der Waals surface area contributed by atoms with Crippen molar-refractivity contribution in [2.45, 2.75) is 16.6 Å². The van der Waals surface area contributed by atoms with Crippen LogP contribution < -0.4 is 15.8 Å². The van der Waals surface area contributed by atoms with Crippen molar-refractivity contribution in [2.75, 3.05) is 17.2 Å². The maximum absolute atomic E-state index is 12.4. The Balaban J connectivity index is 1.55. The SMILES string of the molecule is NS(=O)(=O)c1ccc(NC(=O)CN2C(=O)SC(CC(=O)Nc3nccs3)C2=O)cc1. The van der Waals surface area contributed by atoms with E-state index in [2.05, 4.69) is 15.6 Å². The molecule has 0 saturated carbocycles. The van der Waals surface area contributed by atoms with E-state index in [0.29, 0.717) is 16.9 Å². The zero-order valence-electron chi connectivity index (χ0n) is 15.1. The van der Waals surface area contributed by atoms with Gasteiger partial charge < -0.3 is 10.6 Å². The van der Waals surface area contributed by atoms with Gasteiger partial charge in [0, 0.05) is 23.7 Å². The second-order valence-corrected chi connectivity index (χ2v) is 9.61. The summed E-state index contributed by atoms with van der Waals surface area (Å²) >= 11 is 1.89. The summed E-state index contributed by atoms with van der Waals surface area (Å²) in [5, 5.41) is 10.5. The van der Waals surface area contributed by atoms with E-state index in [0.717, 1.165) is 4.90 Å². The first-order chi connectivity index (χ1) is 14.1. The lowest BCUT2D eigenvalue weighted by Gasteiger charge is -2.14. The van der Waals surface area contributed by atoms with Gasteiger partial charge in [-0.2, -0.15) is 0 Å². The van der Waals surface area contributed by atoms with Gasteiger partial charge in [-0.05, 0) is 24.3 Å². The molecule has 0 aliphatic carbocycles. The Kier molecular flexibility index (Phi) is 6.50. The molecule has 0 radical (unpaired) electrons. The lowest BCUT2D eigenvalue weighted by Crippen LogP contribution is -2.38. The predicted molar refractivity (Wildman–Crippen MR) is 110 cm³/mol. The van der Waals surface area contributed by atoms with Crippen LogP contribution in [0, 0.1) is 0 Å². The molecule has 14 heteroatoms. The molecule has 2 aromatic rings. The normalized spacial score (nSPS) is 16.6. The van der Waals surface area contributed by atoms with Gasteiger partial charge in [-0.1, -0.05) is 11.8 Å². The minimum absolute atomic E-state index is 0.124. The smallest absolute Gasteiger partial charge is 0.289 e. The van der Waals surface area contributed by atoms with Crippen molar-refractivity contribution in [2.24, 2.45) is 5.14 Å². The van der Waals surface area contributed by atoms with Crippen LogP contribution in [0.4, 0.5) is 15.6 Å². The third-order valence-electron chi connectivity index (χ3n) is 3.82. The van der Waals surface area contributed by atoms with Crippen molar-refractivity contribution in [1.29, 1.82) is 0 Å². The van der Waals surface area contributed by atoms with E-state index in [1.807, 2.05) is 0 Å². The summed E-state index contributed by atoms with van der Waals surface area (Å²) in [4.78, 5) is 53.3. The third kappa shape index (κ3) is 5.41. The second-order valence-electron chi connectivity index (χ2n) is 6.00. The molecule has 30 heavy (non-hydrogen) atoms. The Morgan fingerprint density at radius 3 is 2.43 bits per heavy atom. The van der Waals surface area contributed by atoms with Crippen molar-refractivity contribution >= 4 is 66.9 Å². The van der Waals surface area contributed by atoms with Crippen LogP contribution in [0.15, 0.2) is 40.7 Å². The number of benzene rings is 1. The van der Waals surface area contributed by atoms with Gasteiger partial charge in [-0.25, -0.2) is 18.5 Å². The molecular formula is C16H15N5O6S3. The molecule has 11 nitrogen and oxygen atoms in total. The fraction of sp³-hybridized carbons (Fsp3) is 0.188. The van der Waals surface area contributed by atoms with Gasteiger partial charge in [0.2, 0.25) is 27.7 Å². The maximum atomic E-state index is 12.4. The van der Waals surface area contributed by atoms with Crippen LogP contribution in [0.1, 0.15) is 6.42 Å². The van der Waals surface area contributed by atoms with Crippen LogP contribution in [0.25, 0.3) is 0 Å². The van der Waals surface area contributed by atoms with E-state index in [1.54, 1.807) is 5.38 Å². The number of imide groups is 1. The number of carbonyl (C=O) groups excluding carboxylic acids is 4. The Hall–Kier alpha value is -2.81. The number of nitrogens with one attached hydrogen (secondary N) is 2. The van der Waals surface area contributed by atoms with Crippen LogP contribution in [0.2, 0.25) is 0 Å². The molecule has 1 aliphatic heterocycles. The van der Waals surface area contributed by atoms with Crippen molar-refractivity contribution in [3.63, 3.8) is 0 Å². The molecule has 1 aromatic carbocycles. The highest BCUT2D eigenvalue weighted by Crippen LogP contribution is 2.29. The molecule has 2 heterocycles. The van der Waals surface area contributed by atoms with E-state index in [4.69, 9.17) is 5.14 Å².